The number of nitrogens with one attached hydrogen (secondary N) is 1. The summed E-state index contributed by atoms with van der Waals surface area (Å²) >= 11 is 0. The molecule has 0 aliphatic carbocycles. The van der Waals surface area contributed by atoms with E-state index in [2.05, 4.69) is 10.3 Å². The van der Waals surface area contributed by atoms with Gasteiger partial charge in [0.25, 0.3) is 0 Å². The van der Waals surface area contributed by atoms with Crippen molar-refractivity contribution in [3.8, 4) is 0 Å². The second-order valence-electron chi connectivity index (χ2n) is 8.75. The molecule has 1 aliphatic heterocycles. The predicted molar refractivity (Wildman–Crippen MR) is 140 cm³/mol. The summed E-state index contributed by atoms with van der Waals surface area (Å²) in [6, 6.07) is 17.3. The number of benzene rings is 2. The first-order valence-electron chi connectivity index (χ1n) is 12.0. The Morgan fingerprint density at radius 3 is 2.32 bits per heavy atom. The first kappa shape index (κ1) is 30.7. The van der Waals surface area contributed by atoms with Gasteiger partial charge in [-0.3, -0.25) is 14.6 Å². The van der Waals surface area contributed by atoms with Gasteiger partial charge < -0.3 is 16.0 Å². The molecule has 198 valence electrons. The van der Waals surface area contributed by atoms with Gasteiger partial charge in [-0.15, -0.1) is 0 Å². The molecule has 2 aromatic carbocycles. The SMILES string of the molecule is CC(N)=NCCC[CH-]NC(=O)CN1CCN(S(=O)(=O)Cc2ccccc2)C(Cc2ccccc2)C1=O.[W+2]. The molecule has 0 saturated carbocycles. The number of nitrogens with zero attached hydrogens (tertiary/aromatic N) is 3. The van der Waals surface area contributed by atoms with E-state index >= 15 is 0 Å². The molecule has 1 atom stereocenters. The summed E-state index contributed by atoms with van der Waals surface area (Å²) in [5.41, 5.74) is 7.01. The van der Waals surface area contributed by atoms with Crippen LogP contribution in [0.3, 0.4) is 0 Å². The number of hydrogen-bond acceptors (Lipinski definition) is 5. The van der Waals surface area contributed by atoms with E-state index < -0.39 is 16.1 Å². The van der Waals surface area contributed by atoms with E-state index in [0.29, 0.717) is 24.4 Å². The number of carbonyl (C=O) groups is 2. The van der Waals surface area contributed by atoms with Crippen molar-refractivity contribution in [1.29, 1.82) is 0 Å². The van der Waals surface area contributed by atoms with Crippen molar-refractivity contribution < 1.29 is 39.1 Å². The number of piperazine rings is 1. The van der Waals surface area contributed by atoms with Crippen LogP contribution in [-0.2, 0) is 52.9 Å². The summed E-state index contributed by atoms with van der Waals surface area (Å²) < 4.78 is 28.0. The van der Waals surface area contributed by atoms with Crippen LogP contribution in [0.25, 0.3) is 0 Å². The van der Waals surface area contributed by atoms with Gasteiger partial charge in [0.1, 0.15) is 6.04 Å². The van der Waals surface area contributed by atoms with Crippen molar-refractivity contribution in [1.82, 2.24) is 14.5 Å². The van der Waals surface area contributed by atoms with E-state index in [9.17, 15) is 18.0 Å². The maximum absolute atomic E-state index is 13.5. The average Bonchev–Trinajstić information content (AvgIpc) is 2.84. The fraction of sp³-hybridized carbons (Fsp3) is 0.385. The van der Waals surface area contributed by atoms with E-state index in [0.717, 1.165) is 12.0 Å². The zero-order valence-corrected chi connectivity index (χ0v) is 24.7. The van der Waals surface area contributed by atoms with Gasteiger partial charge in [0.05, 0.1) is 18.1 Å². The van der Waals surface area contributed by atoms with Crippen molar-refractivity contribution in [2.75, 3.05) is 26.2 Å². The van der Waals surface area contributed by atoms with Gasteiger partial charge in [0.15, 0.2) is 0 Å². The molecule has 0 radical (unpaired) electrons. The summed E-state index contributed by atoms with van der Waals surface area (Å²) in [6.07, 6.45) is 1.60. The van der Waals surface area contributed by atoms with Crippen LogP contribution in [0, 0.1) is 6.54 Å². The molecule has 3 N–H and O–H groups in total. The fourth-order valence-corrected chi connectivity index (χ4v) is 5.75. The van der Waals surface area contributed by atoms with Gasteiger partial charge in [-0.2, -0.15) is 10.7 Å². The van der Waals surface area contributed by atoms with Crippen LogP contribution in [-0.4, -0.2) is 67.5 Å². The van der Waals surface area contributed by atoms with Gasteiger partial charge >= 0.3 is 21.1 Å². The number of unbranched alkanes of at least 4 members (excludes halogenated alkanes) is 1. The number of rotatable bonds is 12. The smallest absolute Gasteiger partial charge is 0.504 e. The normalized spacial score (nSPS) is 16.8. The molecular formula is C26H34N5O4SW+. The molecule has 1 heterocycles. The minimum Gasteiger partial charge on any atom is -0.504 e. The van der Waals surface area contributed by atoms with Crippen molar-refractivity contribution in [3.05, 3.63) is 78.3 Å². The summed E-state index contributed by atoms with van der Waals surface area (Å²) in [5.74, 6) is -0.353. The zero-order chi connectivity index (χ0) is 26.0. The monoisotopic (exact) mass is 696 g/mol. The standard InChI is InChI=1S/C26H34N5O4S.W/c1-21(27)28-14-8-9-15-29-25(32)19-30-16-17-31(36(34,35)20-23-12-6-3-7-13-23)24(26(30)33)18-22-10-4-2-5-11-22;/h2-7,10-13,15,24H,8-9,14,16-20H2,1H3,(H2,27,28)(H,29,32);/q-1;+2. The van der Waals surface area contributed by atoms with Crippen molar-refractivity contribution in [2.45, 2.75) is 38.0 Å². The van der Waals surface area contributed by atoms with Gasteiger partial charge in [-0.25, -0.2) is 15.0 Å². The van der Waals surface area contributed by atoms with Crippen LogP contribution in [0.15, 0.2) is 65.7 Å². The number of amidine groups is 1. The molecule has 2 aromatic rings. The average molecular weight is 696 g/mol. The molecular weight excluding hydrogens is 662 g/mol. The van der Waals surface area contributed by atoms with Crippen LogP contribution in [0.1, 0.15) is 30.9 Å². The van der Waals surface area contributed by atoms with Crippen LogP contribution in [0.5, 0.6) is 0 Å². The van der Waals surface area contributed by atoms with Gasteiger partial charge in [0.2, 0.25) is 21.8 Å². The Bertz CT molecular complexity index is 1140. The Kier molecular flexibility index (Phi) is 12.4. The molecule has 0 spiro atoms. The molecule has 1 unspecified atom stereocenters. The number of sulfonamides is 1. The molecule has 11 heteroatoms. The maximum atomic E-state index is 13.5. The van der Waals surface area contributed by atoms with Crippen LogP contribution in [0.4, 0.5) is 0 Å². The van der Waals surface area contributed by atoms with Gasteiger partial charge in [0, 0.05) is 19.6 Å². The molecule has 37 heavy (non-hydrogen) atoms. The predicted octanol–water partition coefficient (Wildman–Crippen LogP) is 1.70. The Hall–Kier alpha value is -2.55. The molecule has 2 amide bonds. The van der Waals surface area contributed by atoms with E-state index in [1.54, 1.807) is 37.7 Å². The largest absolute Gasteiger partial charge is 2.00 e. The summed E-state index contributed by atoms with van der Waals surface area (Å²) in [6.45, 7) is 4.10. The number of aliphatic imine (C=N–C) groups is 1. The van der Waals surface area contributed by atoms with E-state index in [1.165, 1.54) is 9.21 Å². The molecule has 1 aliphatic rings. The number of nitrogens with two attached hydrogens (primary N) is 1. The Balaban J connectivity index is 0.00000481. The van der Waals surface area contributed by atoms with E-state index in [4.69, 9.17) is 5.73 Å². The van der Waals surface area contributed by atoms with Gasteiger partial charge in [-0.05, 0) is 24.5 Å². The zero-order valence-electron chi connectivity index (χ0n) is 21.0. The van der Waals surface area contributed by atoms with E-state index in [1.807, 2.05) is 36.4 Å². The van der Waals surface area contributed by atoms with E-state index in [-0.39, 0.29) is 64.7 Å². The first-order chi connectivity index (χ1) is 17.3. The van der Waals surface area contributed by atoms with Crippen molar-refractivity contribution >= 4 is 27.7 Å². The number of hydrogen-bond donors (Lipinski definition) is 2. The number of carbonyl (C=O) groups excluding carboxylic acids is 2. The third-order valence-corrected chi connectivity index (χ3v) is 7.67. The Morgan fingerprint density at radius 2 is 1.70 bits per heavy atom. The summed E-state index contributed by atoms with van der Waals surface area (Å²) in [7, 11) is -3.76. The van der Waals surface area contributed by atoms with Crippen LogP contribution >= 0.6 is 0 Å². The maximum Gasteiger partial charge on any atom is 2.00 e. The molecule has 3 rings (SSSR count). The topological polar surface area (TPSA) is 125 Å². The first-order valence-corrected chi connectivity index (χ1v) is 13.6. The van der Waals surface area contributed by atoms with Gasteiger partial charge in [-0.1, -0.05) is 67.1 Å². The number of amides is 2. The molecule has 9 nitrogen and oxygen atoms in total. The summed E-state index contributed by atoms with van der Waals surface area (Å²) in [5, 5.41) is 2.71. The van der Waals surface area contributed by atoms with Crippen LogP contribution in [0.2, 0.25) is 0 Å². The third kappa shape index (κ3) is 9.68. The molecule has 1 saturated heterocycles. The van der Waals surface area contributed by atoms with Crippen molar-refractivity contribution in [2.24, 2.45) is 10.7 Å². The Morgan fingerprint density at radius 1 is 1.08 bits per heavy atom. The molecule has 0 bridgehead atoms. The summed E-state index contributed by atoms with van der Waals surface area (Å²) in [4.78, 5) is 31.5. The quantitative estimate of drug-likeness (QED) is 0.151. The minimum absolute atomic E-state index is 0. The fourth-order valence-electron chi connectivity index (χ4n) is 4.06. The minimum atomic E-state index is -3.76. The Labute approximate surface area is 233 Å². The van der Waals surface area contributed by atoms with Crippen molar-refractivity contribution in [3.63, 3.8) is 0 Å². The third-order valence-electron chi connectivity index (χ3n) is 5.82. The molecule has 0 aromatic heterocycles. The van der Waals surface area contributed by atoms with Crippen LogP contribution < -0.4 is 11.1 Å². The second-order valence-corrected chi connectivity index (χ2v) is 10.7. The molecule has 1 fully saturated rings. The second kappa shape index (κ2) is 15.0.